The number of hydrogen-bond donors (Lipinski definition) is 2. The Balaban J connectivity index is 2.67. The van der Waals surface area contributed by atoms with E-state index in [2.05, 4.69) is 27.7 Å². The highest BCUT2D eigenvalue weighted by atomic mass is 16.3. The van der Waals surface area contributed by atoms with E-state index in [9.17, 15) is 10.2 Å². The van der Waals surface area contributed by atoms with E-state index in [1.54, 1.807) is 12.1 Å². The lowest BCUT2D eigenvalue weighted by Crippen LogP contribution is -2.13. The Morgan fingerprint density at radius 3 is 2.31 bits per heavy atom. The molecule has 1 aliphatic carbocycles. The van der Waals surface area contributed by atoms with Crippen LogP contribution in [0.25, 0.3) is 0 Å². The van der Waals surface area contributed by atoms with Crippen LogP contribution < -0.4 is 0 Å². The van der Waals surface area contributed by atoms with Crippen LogP contribution in [0.2, 0.25) is 0 Å². The standard InChI is InChI=1S/C14H20O2/c1-8(2)9-7-14(3,4)13-11(16)6-5-10(15)12(9)13/h5-6,8-9,15-16H,7H2,1-4H3. The van der Waals surface area contributed by atoms with Gasteiger partial charge >= 0.3 is 0 Å². The summed E-state index contributed by atoms with van der Waals surface area (Å²) in [5, 5.41) is 20.0. The highest BCUT2D eigenvalue weighted by Gasteiger charge is 2.41. The molecule has 0 spiro atoms. The number of aromatic hydroxyl groups is 2. The fraction of sp³-hybridized carbons (Fsp3) is 0.571. The van der Waals surface area contributed by atoms with Gasteiger partial charge in [0.15, 0.2) is 0 Å². The van der Waals surface area contributed by atoms with Crippen LogP contribution in [0.3, 0.4) is 0 Å². The van der Waals surface area contributed by atoms with Crippen molar-refractivity contribution in [1.29, 1.82) is 0 Å². The van der Waals surface area contributed by atoms with Crippen molar-refractivity contribution in [3.05, 3.63) is 23.3 Å². The van der Waals surface area contributed by atoms with Crippen LogP contribution >= 0.6 is 0 Å². The van der Waals surface area contributed by atoms with Gasteiger partial charge in [-0.25, -0.2) is 0 Å². The lowest BCUT2D eigenvalue weighted by Gasteiger charge is -2.20. The first-order chi connectivity index (χ1) is 7.34. The number of rotatable bonds is 1. The molecule has 1 atom stereocenters. The summed E-state index contributed by atoms with van der Waals surface area (Å²) < 4.78 is 0. The van der Waals surface area contributed by atoms with Gasteiger partial charge in [-0.05, 0) is 35.8 Å². The molecular weight excluding hydrogens is 200 g/mol. The van der Waals surface area contributed by atoms with Crippen LogP contribution in [0.4, 0.5) is 0 Å². The van der Waals surface area contributed by atoms with Gasteiger partial charge in [0, 0.05) is 11.1 Å². The average molecular weight is 220 g/mol. The molecule has 0 saturated heterocycles. The first kappa shape index (κ1) is 11.3. The van der Waals surface area contributed by atoms with E-state index >= 15 is 0 Å². The highest BCUT2D eigenvalue weighted by molar-refractivity contribution is 5.56. The summed E-state index contributed by atoms with van der Waals surface area (Å²) in [6.07, 6.45) is 0.991. The van der Waals surface area contributed by atoms with Gasteiger partial charge < -0.3 is 10.2 Å². The van der Waals surface area contributed by atoms with Gasteiger partial charge in [0.05, 0.1) is 0 Å². The van der Waals surface area contributed by atoms with Gasteiger partial charge in [-0.3, -0.25) is 0 Å². The van der Waals surface area contributed by atoms with Crippen molar-refractivity contribution in [1.82, 2.24) is 0 Å². The van der Waals surface area contributed by atoms with E-state index in [-0.39, 0.29) is 5.41 Å². The zero-order valence-electron chi connectivity index (χ0n) is 10.4. The molecule has 0 aromatic heterocycles. The summed E-state index contributed by atoms with van der Waals surface area (Å²) in [5.74, 6) is 1.48. The number of fused-ring (bicyclic) bond motifs is 1. The summed E-state index contributed by atoms with van der Waals surface area (Å²) in [6.45, 7) is 8.60. The van der Waals surface area contributed by atoms with E-state index in [4.69, 9.17) is 0 Å². The van der Waals surface area contributed by atoms with Gasteiger partial charge in [-0.15, -0.1) is 0 Å². The van der Waals surface area contributed by atoms with Crippen LogP contribution in [0, 0.1) is 5.92 Å². The van der Waals surface area contributed by atoms with E-state index in [0.29, 0.717) is 23.3 Å². The molecule has 88 valence electrons. The molecule has 0 saturated carbocycles. The largest absolute Gasteiger partial charge is 0.508 e. The molecule has 1 unspecified atom stereocenters. The van der Waals surface area contributed by atoms with E-state index < -0.39 is 0 Å². The Kier molecular flexibility index (Phi) is 2.41. The Labute approximate surface area is 96.9 Å². The van der Waals surface area contributed by atoms with Crippen molar-refractivity contribution in [3.63, 3.8) is 0 Å². The maximum absolute atomic E-state index is 10.00. The third-order valence-corrected chi connectivity index (χ3v) is 3.78. The molecule has 1 aliphatic rings. The fourth-order valence-corrected chi connectivity index (χ4v) is 3.01. The first-order valence-electron chi connectivity index (χ1n) is 5.90. The third kappa shape index (κ3) is 1.48. The van der Waals surface area contributed by atoms with Gasteiger partial charge in [-0.1, -0.05) is 27.7 Å². The zero-order chi connectivity index (χ0) is 12.1. The van der Waals surface area contributed by atoms with E-state index in [0.717, 1.165) is 17.5 Å². The van der Waals surface area contributed by atoms with Crippen LogP contribution in [-0.2, 0) is 5.41 Å². The van der Waals surface area contributed by atoms with Gasteiger partial charge in [0.2, 0.25) is 0 Å². The smallest absolute Gasteiger partial charge is 0.119 e. The summed E-state index contributed by atoms with van der Waals surface area (Å²) >= 11 is 0. The van der Waals surface area contributed by atoms with Crippen molar-refractivity contribution in [2.75, 3.05) is 0 Å². The lowest BCUT2D eigenvalue weighted by molar-refractivity contribution is 0.393. The lowest BCUT2D eigenvalue weighted by atomic mass is 9.84. The second-order valence-corrected chi connectivity index (χ2v) is 5.83. The molecule has 2 heteroatoms. The maximum Gasteiger partial charge on any atom is 0.119 e. The maximum atomic E-state index is 10.00. The second kappa shape index (κ2) is 3.41. The highest BCUT2D eigenvalue weighted by Crippen LogP contribution is 2.54. The minimum atomic E-state index is -0.0485. The topological polar surface area (TPSA) is 40.5 Å². The van der Waals surface area contributed by atoms with E-state index in [1.807, 2.05) is 0 Å². The molecule has 2 rings (SSSR count). The Morgan fingerprint density at radius 2 is 1.75 bits per heavy atom. The minimum absolute atomic E-state index is 0.0485. The van der Waals surface area contributed by atoms with Crippen molar-refractivity contribution in [3.8, 4) is 11.5 Å². The summed E-state index contributed by atoms with van der Waals surface area (Å²) in [6, 6.07) is 3.20. The van der Waals surface area contributed by atoms with Crippen molar-refractivity contribution in [2.24, 2.45) is 5.92 Å². The molecule has 2 N–H and O–H groups in total. The number of phenolic OH excluding ortho intramolecular Hbond substituents is 2. The molecule has 0 heterocycles. The molecule has 16 heavy (non-hydrogen) atoms. The summed E-state index contributed by atoms with van der Waals surface area (Å²) in [5.41, 5.74) is 1.85. The summed E-state index contributed by atoms with van der Waals surface area (Å²) in [4.78, 5) is 0. The normalized spacial score (nSPS) is 22.4. The van der Waals surface area contributed by atoms with E-state index in [1.165, 1.54) is 0 Å². The Hall–Kier alpha value is -1.18. The Morgan fingerprint density at radius 1 is 1.19 bits per heavy atom. The first-order valence-corrected chi connectivity index (χ1v) is 5.90. The molecule has 0 radical (unpaired) electrons. The Bertz CT molecular complexity index is 419. The molecule has 0 aliphatic heterocycles. The summed E-state index contributed by atoms with van der Waals surface area (Å²) in [7, 11) is 0. The number of benzene rings is 1. The quantitative estimate of drug-likeness (QED) is 0.711. The van der Waals surface area contributed by atoms with Crippen LogP contribution in [0.15, 0.2) is 12.1 Å². The third-order valence-electron chi connectivity index (χ3n) is 3.78. The SMILES string of the molecule is CC(C)C1CC(C)(C)c2c(O)ccc(O)c21. The van der Waals surface area contributed by atoms with Gasteiger partial charge in [0.25, 0.3) is 0 Å². The molecule has 0 fully saturated rings. The molecule has 0 bridgehead atoms. The van der Waals surface area contributed by atoms with Crippen molar-refractivity contribution in [2.45, 2.75) is 45.4 Å². The molecule has 1 aromatic rings. The molecule has 2 nitrogen and oxygen atoms in total. The molecule has 0 amide bonds. The second-order valence-electron chi connectivity index (χ2n) is 5.83. The number of hydrogen-bond acceptors (Lipinski definition) is 2. The van der Waals surface area contributed by atoms with Gasteiger partial charge in [0.1, 0.15) is 11.5 Å². The predicted molar refractivity (Wildman–Crippen MR) is 65.0 cm³/mol. The van der Waals surface area contributed by atoms with Crippen LogP contribution in [0.5, 0.6) is 11.5 Å². The molecule has 1 aromatic carbocycles. The minimum Gasteiger partial charge on any atom is -0.508 e. The van der Waals surface area contributed by atoms with Crippen molar-refractivity contribution < 1.29 is 10.2 Å². The average Bonchev–Trinajstić information content (AvgIpc) is 2.46. The fourth-order valence-electron chi connectivity index (χ4n) is 3.01. The predicted octanol–water partition coefficient (Wildman–Crippen LogP) is 3.52. The molecular formula is C14H20O2. The van der Waals surface area contributed by atoms with Gasteiger partial charge in [-0.2, -0.15) is 0 Å². The monoisotopic (exact) mass is 220 g/mol. The van der Waals surface area contributed by atoms with Crippen LogP contribution in [-0.4, -0.2) is 10.2 Å². The van der Waals surface area contributed by atoms with Crippen LogP contribution in [0.1, 0.15) is 51.2 Å². The zero-order valence-corrected chi connectivity index (χ0v) is 10.4. The van der Waals surface area contributed by atoms with Crippen molar-refractivity contribution >= 4 is 0 Å². The number of phenols is 2.